The highest BCUT2D eigenvalue weighted by Gasteiger charge is 2.46. The molecule has 2 heterocycles. The summed E-state index contributed by atoms with van der Waals surface area (Å²) in [6.45, 7) is 25.7. The molecule has 102 heavy (non-hydrogen) atoms. The molecule has 29 heteroatoms. The first-order valence-electron chi connectivity index (χ1n) is 35.1. The fourth-order valence-electron chi connectivity index (χ4n) is 12.4. The largest absolute Gasteiger partial charge is 0.481 e. The van der Waals surface area contributed by atoms with Gasteiger partial charge in [-0.2, -0.15) is 0 Å². The summed E-state index contributed by atoms with van der Waals surface area (Å²) in [5.41, 5.74) is 1.76. The lowest BCUT2D eigenvalue weighted by Gasteiger charge is -2.38. The SMILES string of the molecule is CN[C@H](C(=O)N[C@H](C(=O)N[C@@H]1C(=O)N(C)[C@@H]([C@@H](C)O)C(=O)N[C@@H](C(C)C)C(=O)N(C)[C@@H](CC(C)C)C(=O)N[C@@H](C(C)C)C(=O)N(C)[C@@H](CC(=O)O)C(=O)N(C)[C@@H](Cc2c[nH]c3ccccc23)C(=O)N[C@@H](C(C)C)C(=O)N[C@@H](Cc2ccccc2)C(=O)N[C@@H](C(C)C)C(=O)O[C@@H]1C)C(C)C)C(C)C. The second-order valence-electron chi connectivity index (χ2n) is 29.4. The quantitative estimate of drug-likeness (QED) is 0.0721. The molecule has 0 saturated carbocycles. The number of aromatic nitrogens is 1. The molecule has 0 bridgehead atoms. The Hall–Kier alpha value is -8.99. The van der Waals surface area contributed by atoms with Gasteiger partial charge in [0.05, 0.1) is 18.6 Å². The van der Waals surface area contributed by atoms with Crippen molar-refractivity contribution in [1.29, 1.82) is 0 Å². The van der Waals surface area contributed by atoms with E-state index in [4.69, 9.17) is 4.74 Å². The number of likely N-dealkylation sites (N-methyl/N-ethyl adjacent to an activating group) is 5. The summed E-state index contributed by atoms with van der Waals surface area (Å²) < 4.78 is 6.06. The van der Waals surface area contributed by atoms with Gasteiger partial charge in [0.2, 0.25) is 65.0 Å². The topological polar surface area (TPSA) is 397 Å². The van der Waals surface area contributed by atoms with Gasteiger partial charge in [-0.25, -0.2) is 4.79 Å². The highest BCUT2D eigenvalue weighted by Crippen LogP contribution is 2.25. The van der Waals surface area contributed by atoms with Gasteiger partial charge < -0.3 is 82.1 Å². The van der Waals surface area contributed by atoms with Crippen molar-refractivity contribution in [3.8, 4) is 0 Å². The fourth-order valence-corrected chi connectivity index (χ4v) is 12.4. The number of nitrogens with one attached hydrogen (secondary N) is 9. The number of carbonyl (C=O) groups excluding carboxylic acids is 12. The number of cyclic esters (lactones) is 1. The average molecular weight is 1430 g/mol. The van der Waals surface area contributed by atoms with E-state index in [0.29, 0.717) is 22.0 Å². The van der Waals surface area contributed by atoms with Crippen LogP contribution in [-0.4, -0.2) is 232 Å². The van der Waals surface area contributed by atoms with Crippen molar-refractivity contribution >= 4 is 87.8 Å². The number of aliphatic carboxylic acids is 1. The summed E-state index contributed by atoms with van der Waals surface area (Å²) in [5.74, 6) is -16.8. The van der Waals surface area contributed by atoms with Gasteiger partial charge in [0.1, 0.15) is 72.6 Å². The molecule has 29 nitrogen and oxygen atoms in total. The van der Waals surface area contributed by atoms with Crippen LogP contribution in [0.1, 0.15) is 135 Å². The second-order valence-corrected chi connectivity index (χ2v) is 29.4. The van der Waals surface area contributed by atoms with Crippen LogP contribution >= 0.6 is 0 Å². The van der Waals surface area contributed by atoms with Gasteiger partial charge in [0.15, 0.2) is 0 Å². The van der Waals surface area contributed by atoms with Crippen LogP contribution in [0, 0.1) is 41.4 Å². The van der Waals surface area contributed by atoms with E-state index in [0.717, 1.165) is 26.6 Å². The molecule has 0 aliphatic carbocycles. The number of carboxylic acids is 1. The van der Waals surface area contributed by atoms with Gasteiger partial charge in [-0.05, 0) is 85.9 Å². The highest BCUT2D eigenvalue weighted by molar-refractivity contribution is 6.01. The number of rotatable bonds is 20. The predicted molar refractivity (Wildman–Crippen MR) is 383 cm³/mol. The molecule has 566 valence electrons. The van der Waals surface area contributed by atoms with Gasteiger partial charge >= 0.3 is 11.9 Å². The number of esters is 1. The minimum Gasteiger partial charge on any atom is -0.481 e. The molecule has 1 aliphatic heterocycles. The number of H-pyrrole nitrogens is 1. The van der Waals surface area contributed by atoms with Gasteiger partial charge in [-0.3, -0.25) is 57.5 Å². The van der Waals surface area contributed by atoms with Crippen molar-refractivity contribution in [2.75, 3.05) is 35.2 Å². The third-order valence-electron chi connectivity index (χ3n) is 18.7. The molecule has 3 aromatic rings. The van der Waals surface area contributed by atoms with E-state index >= 15 is 28.8 Å². The minimum atomic E-state index is -1.92. The van der Waals surface area contributed by atoms with E-state index in [1.165, 1.54) is 35.0 Å². The number of para-hydroxylation sites is 1. The van der Waals surface area contributed by atoms with Crippen LogP contribution in [0.25, 0.3) is 10.9 Å². The zero-order valence-electron chi connectivity index (χ0n) is 63.1. The first kappa shape index (κ1) is 85.4. The molecule has 11 N–H and O–H groups in total. The monoisotopic (exact) mass is 1430 g/mol. The van der Waals surface area contributed by atoms with Crippen LogP contribution in [0.3, 0.4) is 0 Å². The number of hydrogen-bond acceptors (Lipinski definition) is 16. The van der Waals surface area contributed by atoms with Crippen molar-refractivity contribution in [1.82, 2.24) is 67.1 Å². The maximum atomic E-state index is 15.4. The summed E-state index contributed by atoms with van der Waals surface area (Å²) in [7, 11) is 6.48. The average Bonchev–Trinajstić information content (AvgIpc) is 1.50. The molecule has 1 aliphatic rings. The lowest BCUT2D eigenvalue weighted by molar-refractivity contribution is -0.160. The van der Waals surface area contributed by atoms with Crippen molar-refractivity contribution in [2.45, 2.75) is 221 Å². The molecule has 1 fully saturated rings. The van der Waals surface area contributed by atoms with Crippen LogP contribution in [0.15, 0.2) is 60.8 Å². The smallest absolute Gasteiger partial charge is 0.329 e. The molecule has 1 saturated heterocycles. The zero-order chi connectivity index (χ0) is 77.2. The number of nitrogens with zero attached hydrogens (tertiary/aromatic N) is 4. The van der Waals surface area contributed by atoms with E-state index in [2.05, 4.69) is 47.5 Å². The number of aromatic amines is 1. The normalized spacial score (nSPS) is 24.7. The number of benzene rings is 2. The number of aliphatic hydroxyl groups is 1. The molecule has 0 radical (unpaired) electrons. The molecule has 4 rings (SSSR count). The van der Waals surface area contributed by atoms with Crippen LogP contribution in [0.5, 0.6) is 0 Å². The Kier molecular flexibility index (Phi) is 32.1. The molecule has 11 amide bonds. The number of hydrogen-bond donors (Lipinski definition) is 11. The number of carboxylic acid groups (broad SMARTS) is 1. The Morgan fingerprint density at radius 2 is 1.02 bits per heavy atom. The van der Waals surface area contributed by atoms with Crippen LogP contribution < -0.4 is 42.5 Å². The molecule has 2 aromatic carbocycles. The molecular weight excluding hydrogens is 1310 g/mol. The van der Waals surface area contributed by atoms with Gasteiger partial charge in [0, 0.05) is 58.1 Å². The molecule has 0 unspecified atom stereocenters. The van der Waals surface area contributed by atoms with E-state index in [-0.39, 0.29) is 31.1 Å². The molecule has 0 spiro atoms. The van der Waals surface area contributed by atoms with Gasteiger partial charge in [0.25, 0.3) is 0 Å². The highest BCUT2D eigenvalue weighted by atomic mass is 16.5. The van der Waals surface area contributed by atoms with Crippen LogP contribution in [0.2, 0.25) is 0 Å². The standard InChI is InChI=1S/C73H113N13O16/c1-36(2)31-50-63(91)79-57(40(9)10)71(99)85(20)52(34-53(88)89)69(97)83(18)51(33-46-35-75-48-30-26-25-29-47(46)48)64(92)77-55(38(5)6)66(94)76-49(32-45-27-23-22-24-28-45)62(90)81-59(42(13)14)73(101)102-44(16)60(82-67(95)56(39(7)8)78-65(93)54(74-17)37(3)4)72(100)86(21)61(43(15)87)68(96)80-58(41(11)12)70(98)84(50)19/h22-30,35-44,49-52,54-61,74-75,87H,31-34H2,1-21H3,(H,76,94)(H,77,92)(H,78,93)(H,79,91)(H,80,96)(H,81,90)(H,82,95)(H,88,89)/t43-,44-,49+,50+,51+,52+,54+,55+,56+,57+,58+,59+,60+,61+/m1/s1. The van der Waals surface area contributed by atoms with Gasteiger partial charge in [-0.15, -0.1) is 0 Å². The summed E-state index contributed by atoms with van der Waals surface area (Å²) in [6.07, 6.45) is -3.16. The first-order valence-corrected chi connectivity index (χ1v) is 35.1. The maximum Gasteiger partial charge on any atom is 0.329 e. The Labute approximate surface area is 599 Å². The van der Waals surface area contributed by atoms with Crippen molar-refractivity contribution in [3.63, 3.8) is 0 Å². The summed E-state index contributed by atoms with van der Waals surface area (Å²) in [5, 5.41) is 44.7. The summed E-state index contributed by atoms with van der Waals surface area (Å²) in [6, 6.07) is -2.39. The summed E-state index contributed by atoms with van der Waals surface area (Å²) in [4.78, 5) is 199. The number of ether oxygens (including phenoxy) is 1. The molecular formula is C73H113N13O16. The Morgan fingerprint density at radius 3 is 1.53 bits per heavy atom. The molecule has 1 aromatic heterocycles. The lowest BCUT2D eigenvalue weighted by Crippen LogP contribution is -2.65. The first-order chi connectivity index (χ1) is 47.6. The van der Waals surface area contributed by atoms with Crippen LogP contribution in [-0.2, 0) is 79.9 Å². The second kappa shape index (κ2) is 38.3. The van der Waals surface area contributed by atoms with E-state index in [9.17, 15) is 43.8 Å². The molecule has 14 atom stereocenters. The fraction of sp³-hybridized carbons (Fsp3) is 0.630. The van der Waals surface area contributed by atoms with E-state index < -0.39 is 198 Å². The van der Waals surface area contributed by atoms with Crippen molar-refractivity contribution in [2.24, 2.45) is 41.4 Å². The van der Waals surface area contributed by atoms with Crippen molar-refractivity contribution < 1.29 is 77.3 Å². The number of aliphatic hydroxyl groups excluding tert-OH is 1. The Morgan fingerprint density at radius 1 is 0.529 bits per heavy atom. The summed E-state index contributed by atoms with van der Waals surface area (Å²) >= 11 is 0. The number of amides is 11. The van der Waals surface area contributed by atoms with Gasteiger partial charge in [-0.1, -0.05) is 145 Å². The lowest BCUT2D eigenvalue weighted by atomic mass is 9.96. The minimum absolute atomic E-state index is 0.0110. The van der Waals surface area contributed by atoms with Crippen LogP contribution in [0.4, 0.5) is 0 Å². The number of fused-ring (bicyclic) bond motifs is 1. The van der Waals surface area contributed by atoms with E-state index in [1.54, 1.807) is 165 Å². The maximum absolute atomic E-state index is 15.4. The third kappa shape index (κ3) is 22.5. The van der Waals surface area contributed by atoms with E-state index in [1.807, 2.05) is 0 Å². The Bertz CT molecular complexity index is 3430. The Balaban J connectivity index is 2.03. The predicted octanol–water partition coefficient (Wildman–Crippen LogP) is 2.03. The zero-order valence-corrected chi connectivity index (χ0v) is 63.1. The third-order valence-corrected chi connectivity index (χ3v) is 18.7. The van der Waals surface area contributed by atoms with Crippen molar-refractivity contribution in [3.05, 3.63) is 71.9 Å². The number of carbonyl (C=O) groups is 13.